The van der Waals surface area contributed by atoms with E-state index in [1.807, 2.05) is 36.7 Å². The molecule has 5 nitrogen and oxygen atoms in total. The standard InChI is InChI=1S/C23H23F2N5/c1-15-28-20-9-16(5-6-21(20)29(15)2)22-19(10-18(24)12-26-22)17-11-27-30(13-17)14-23(25)7-3-4-8-23/h5-6,9-13H,3-4,7-8,14H2,1-2H3. The molecule has 1 saturated carbocycles. The zero-order valence-electron chi connectivity index (χ0n) is 17.1. The lowest BCUT2D eigenvalue weighted by Gasteiger charge is -2.18. The van der Waals surface area contributed by atoms with Crippen molar-refractivity contribution in [2.75, 3.05) is 0 Å². The van der Waals surface area contributed by atoms with Crippen LogP contribution in [0.15, 0.2) is 42.9 Å². The molecule has 0 aliphatic heterocycles. The van der Waals surface area contributed by atoms with E-state index >= 15 is 0 Å². The number of imidazole rings is 1. The predicted octanol–water partition coefficient (Wildman–Crippen LogP) is 5.23. The van der Waals surface area contributed by atoms with Crippen molar-refractivity contribution >= 4 is 11.0 Å². The van der Waals surface area contributed by atoms with Crippen LogP contribution in [-0.4, -0.2) is 30.0 Å². The Labute approximate surface area is 173 Å². The van der Waals surface area contributed by atoms with Gasteiger partial charge >= 0.3 is 0 Å². The van der Waals surface area contributed by atoms with Crippen LogP contribution in [0.5, 0.6) is 0 Å². The smallest absolute Gasteiger partial charge is 0.142 e. The molecule has 0 spiro atoms. The van der Waals surface area contributed by atoms with Gasteiger partial charge < -0.3 is 4.57 Å². The monoisotopic (exact) mass is 407 g/mol. The van der Waals surface area contributed by atoms with Gasteiger partial charge in [0.05, 0.1) is 35.7 Å². The largest absolute Gasteiger partial charge is 0.331 e. The fourth-order valence-electron chi connectivity index (χ4n) is 4.40. The summed E-state index contributed by atoms with van der Waals surface area (Å²) in [6.07, 6.45) is 7.62. The Balaban J connectivity index is 1.55. The number of hydrogen-bond donors (Lipinski definition) is 0. The molecule has 0 saturated heterocycles. The molecular weight excluding hydrogens is 384 g/mol. The van der Waals surface area contributed by atoms with Gasteiger partial charge in [-0.25, -0.2) is 13.8 Å². The maximum absolute atomic E-state index is 14.9. The number of hydrogen-bond acceptors (Lipinski definition) is 3. The van der Waals surface area contributed by atoms with E-state index in [0.717, 1.165) is 40.8 Å². The van der Waals surface area contributed by atoms with Crippen molar-refractivity contribution in [3.05, 3.63) is 54.5 Å². The van der Waals surface area contributed by atoms with Crippen molar-refractivity contribution < 1.29 is 8.78 Å². The Bertz CT molecular complexity index is 1230. The number of fused-ring (bicyclic) bond motifs is 1. The van der Waals surface area contributed by atoms with Crippen molar-refractivity contribution in [3.8, 4) is 22.4 Å². The van der Waals surface area contributed by atoms with E-state index in [1.54, 1.807) is 17.1 Å². The quantitative estimate of drug-likeness (QED) is 0.465. The van der Waals surface area contributed by atoms with Gasteiger partial charge in [-0.05, 0) is 38.0 Å². The van der Waals surface area contributed by atoms with Gasteiger partial charge in [0, 0.05) is 29.9 Å². The number of halogens is 2. The Morgan fingerprint density at radius 3 is 2.70 bits per heavy atom. The van der Waals surface area contributed by atoms with Crippen molar-refractivity contribution in [3.63, 3.8) is 0 Å². The number of nitrogens with zero attached hydrogens (tertiary/aromatic N) is 5. The average molecular weight is 407 g/mol. The first-order chi connectivity index (χ1) is 14.4. The second-order valence-electron chi connectivity index (χ2n) is 8.26. The first-order valence-corrected chi connectivity index (χ1v) is 10.2. The minimum Gasteiger partial charge on any atom is -0.331 e. The van der Waals surface area contributed by atoms with Gasteiger partial charge in [-0.1, -0.05) is 18.9 Å². The normalized spacial score (nSPS) is 15.9. The molecule has 5 rings (SSSR count). The number of aromatic nitrogens is 5. The summed E-state index contributed by atoms with van der Waals surface area (Å²) in [5, 5.41) is 4.34. The summed E-state index contributed by atoms with van der Waals surface area (Å²) < 4.78 is 32.6. The van der Waals surface area contributed by atoms with Crippen molar-refractivity contribution in [1.82, 2.24) is 24.3 Å². The molecule has 0 unspecified atom stereocenters. The molecule has 0 atom stereocenters. The van der Waals surface area contributed by atoms with E-state index in [4.69, 9.17) is 0 Å². The summed E-state index contributed by atoms with van der Waals surface area (Å²) in [4.78, 5) is 8.96. The molecule has 1 aliphatic carbocycles. The number of rotatable bonds is 4. The number of benzene rings is 1. The molecule has 3 heterocycles. The lowest BCUT2D eigenvalue weighted by Crippen LogP contribution is -2.25. The zero-order chi connectivity index (χ0) is 20.9. The Morgan fingerprint density at radius 1 is 1.10 bits per heavy atom. The third-order valence-electron chi connectivity index (χ3n) is 6.12. The molecule has 3 aromatic heterocycles. The average Bonchev–Trinajstić information content (AvgIpc) is 3.42. The van der Waals surface area contributed by atoms with Crippen LogP contribution in [0.4, 0.5) is 8.78 Å². The summed E-state index contributed by atoms with van der Waals surface area (Å²) >= 11 is 0. The van der Waals surface area contributed by atoms with Crippen LogP contribution in [0.25, 0.3) is 33.4 Å². The summed E-state index contributed by atoms with van der Waals surface area (Å²) in [6, 6.07) is 7.38. The minimum atomic E-state index is -1.20. The SMILES string of the molecule is Cc1nc2cc(-c3ncc(F)cc3-c3cnn(CC4(F)CCCC4)c3)ccc2n1C. The van der Waals surface area contributed by atoms with Crippen LogP contribution in [0, 0.1) is 12.7 Å². The van der Waals surface area contributed by atoms with E-state index in [1.165, 1.54) is 12.3 Å². The van der Waals surface area contributed by atoms with Crippen LogP contribution >= 0.6 is 0 Å². The second kappa shape index (κ2) is 7.00. The van der Waals surface area contributed by atoms with Gasteiger partial charge in [0.1, 0.15) is 17.3 Å². The predicted molar refractivity (Wildman–Crippen MR) is 112 cm³/mol. The maximum Gasteiger partial charge on any atom is 0.142 e. The molecule has 30 heavy (non-hydrogen) atoms. The highest BCUT2D eigenvalue weighted by Gasteiger charge is 2.34. The van der Waals surface area contributed by atoms with Gasteiger partial charge in [0.15, 0.2) is 0 Å². The van der Waals surface area contributed by atoms with E-state index in [2.05, 4.69) is 15.1 Å². The van der Waals surface area contributed by atoms with Crippen molar-refractivity contribution in [1.29, 1.82) is 0 Å². The molecule has 4 aromatic rings. The number of aryl methyl sites for hydroxylation is 2. The van der Waals surface area contributed by atoms with Crippen LogP contribution in [-0.2, 0) is 13.6 Å². The van der Waals surface area contributed by atoms with Gasteiger partial charge in [-0.2, -0.15) is 5.10 Å². The first kappa shape index (κ1) is 18.9. The summed E-state index contributed by atoms with van der Waals surface area (Å²) in [6.45, 7) is 2.18. The molecule has 0 bridgehead atoms. The third kappa shape index (κ3) is 3.28. The molecule has 154 valence electrons. The van der Waals surface area contributed by atoms with Gasteiger partial charge in [0.2, 0.25) is 0 Å². The van der Waals surface area contributed by atoms with Gasteiger partial charge in [-0.15, -0.1) is 0 Å². The van der Waals surface area contributed by atoms with E-state index in [9.17, 15) is 8.78 Å². The summed E-state index contributed by atoms with van der Waals surface area (Å²) in [5.74, 6) is 0.497. The lowest BCUT2D eigenvalue weighted by molar-refractivity contribution is 0.139. The van der Waals surface area contributed by atoms with Crippen molar-refractivity contribution in [2.24, 2.45) is 7.05 Å². The highest BCUT2D eigenvalue weighted by Crippen LogP contribution is 2.36. The topological polar surface area (TPSA) is 48.5 Å². The van der Waals surface area contributed by atoms with E-state index < -0.39 is 11.5 Å². The van der Waals surface area contributed by atoms with Gasteiger partial charge in [-0.3, -0.25) is 9.67 Å². The second-order valence-corrected chi connectivity index (χ2v) is 8.26. The van der Waals surface area contributed by atoms with E-state index in [0.29, 0.717) is 24.1 Å². The summed E-state index contributed by atoms with van der Waals surface area (Å²) in [5.41, 5.74) is 3.54. The molecule has 1 aromatic carbocycles. The molecule has 1 aliphatic rings. The Hall–Kier alpha value is -3.09. The molecular formula is C23H23F2N5. The van der Waals surface area contributed by atoms with Crippen LogP contribution in [0.2, 0.25) is 0 Å². The molecule has 7 heteroatoms. The first-order valence-electron chi connectivity index (χ1n) is 10.2. The van der Waals surface area contributed by atoms with Crippen molar-refractivity contribution in [2.45, 2.75) is 44.8 Å². The van der Waals surface area contributed by atoms with Crippen LogP contribution < -0.4 is 0 Å². The molecule has 1 fully saturated rings. The number of pyridine rings is 1. The van der Waals surface area contributed by atoms with Gasteiger partial charge in [0.25, 0.3) is 0 Å². The van der Waals surface area contributed by atoms with Crippen LogP contribution in [0.1, 0.15) is 31.5 Å². The fourth-order valence-corrected chi connectivity index (χ4v) is 4.40. The lowest BCUT2D eigenvalue weighted by atomic mass is 10.0. The molecule has 0 radical (unpaired) electrons. The van der Waals surface area contributed by atoms with E-state index in [-0.39, 0.29) is 6.54 Å². The highest BCUT2D eigenvalue weighted by atomic mass is 19.1. The molecule has 0 amide bonds. The fraction of sp³-hybridized carbons (Fsp3) is 0.348. The summed E-state index contributed by atoms with van der Waals surface area (Å²) in [7, 11) is 1.97. The third-order valence-corrected chi connectivity index (χ3v) is 6.12. The Kier molecular flexibility index (Phi) is 4.41. The number of alkyl halides is 1. The molecule has 0 N–H and O–H groups in total. The van der Waals surface area contributed by atoms with Crippen LogP contribution in [0.3, 0.4) is 0 Å². The zero-order valence-corrected chi connectivity index (χ0v) is 17.1. The Morgan fingerprint density at radius 2 is 1.90 bits per heavy atom. The highest BCUT2D eigenvalue weighted by molar-refractivity contribution is 5.86. The maximum atomic E-state index is 14.9. The minimum absolute atomic E-state index is 0.226.